The Kier molecular flexibility index (Phi) is 3.61. The molecule has 3 rings (SSSR count). The second-order valence-corrected chi connectivity index (χ2v) is 6.03. The van der Waals surface area contributed by atoms with Gasteiger partial charge < -0.3 is 4.74 Å². The van der Waals surface area contributed by atoms with Gasteiger partial charge >= 0.3 is 4.87 Å². The SMILES string of the molecule is COc1ccc(F)cc1Cn1c2c(sc1=O)CCCC2. The Hall–Kier alpha value is -1.62. The summed E-state index contributed by atoms with van der Waals surface area (Å²) in [5.74, 6) is 0.312. The van der Waals surface area contributed by atoms with E-state index in [2.05, 4.69) is 0 Å². The summed E-state index contributed by atoms with van der Waals surface area (Å²) in [6, 6.07) is 4.42. The zero-order valence-corrected chi connectivity index (χ0v) is 12.1. The van der Waals surface area contributed by atoms with Crippen LogP contribution in [0.1, 0.15) is 29.0 Å². The van der Waals surface area contributed by atoms with Crippen LogP contribution in [-0.2, 0) is 19.4 Å². The lowest BCUT2D eigenvalue weighted by molar-refractivity contribution is 0.406. The maximum absolute atomic E-state index is 13.4. The van der Waals surface area contributed by atoms with Crippen molar-refractivity contribution in [2.75, 3.05) is 7.11 Å². The fourth-order valence-corrected chi connectivity index (χ4v) is 3.80. The molecule has 2 aromatic rings. The lowest BCUT2D eigenvalue weighted by Gasteiger charge is -2.15. The number of hydrogen-bond donors (Lipinski definition) is 0. The smallest absolute Gasteiger partial charge is 0.307 e. The molecule has 0 bridgehead atoms. The minimum Gasteiger partial charge on any atom is -0.496 e. The van der Waals surface area contributed by atoms with Crippen molar-refractivity contribution in [3.63, 3.8) is 0 Å². The summed E-state index contributed by atoms with van der Waals surface area (Å²) in [7, 11) is 1.56. The van der Waals surface area contributed by atoms with Gasteiger partial charge in [-0.2, -0.15) is 0 Å². The average molecular weight is 293 g/mol. The molecule has 1 heterocycles. The van der Waals surface area contributed by atoms with Gasteiger partial charge in [0.1, 0.15) is 11.6 Å². The fraction of sp³-hybridized carbons (Fsp3) is 0.400. The highest BCUT2D eigenvalue weighted by atomic mass is 32.1. The van der Waals surface area contributed by atoms with Crippen molar-refractivity contribution in [2.45, 2.75) is 32.2 Å². The molecule has 0 amide bonds. The highest BCUT2D eigenvalue weighted by Gasteiger charge is 2.19. The van der Waals surface area contributed by atoms with E-state index in [0.717, 1.165) is 31.4 Å². The maximum Gasteiger partial charge on any atom is 0.307 e. The van der Waals surface area contributed by atoms with E-state index >= 15 is 0 Å². The molecule has 1 aromatic heterocycles. The standard InChI is InChI=1S/C15H16FNO2S/c1-19-13-7-6-11(16)8-10(13)9-17-12-4-2-3-5-14(12)20-15(17)18/h6-8H,2-5,9H2,1H3. The van der Waals surface area contributed by atoms with Gasteiger partial charge in [-0.15, -0.1) is 0 Å². The molecular formula is C15H16FNO2S. The first-order valence-electron chi connectivity index (χ1n) is 6.73. The summed E-state index contributed by atoms with van der Waals surface area (Å²) < 4.78 is 20.4. The van der Waals surface area contributed by atoms with E-state index in [1.165, 1.54) is 28.3 Å². The van der Waals surface area contributed by atoms with Crippen LogP contribution in [0, 0.1) is 5.82 Å². The molecule has 3 nitrogen and oxygen atoms in total. The van der Waals surface area contributed by atoms with Crippen molar-refractivity contribution >= 4 is 11.3 Å². The van der Waals surface area contributed by atoms with Crippen molar-refractivity contribution < 1.29 is 9.13 Å². The number of fused-ring (bicyclic) bond motifs is 1. The average Bonchev–Trinajstić information content (AvgIpc) is 2.76. The van der Waals surface area contributed by atoms with Gasteiger partial charge in [-0.25, -0.2) is 4.39 Å². The first-order valence-corrected chi connectivity index (χ1v) is 7.54. The predicted octanol–water partition coefficient (Wildman–Crippen LogP) is 2.98. The van der Waals surface area contributed by atoms with Crippen LogP contribution in [0.5, 0.6) is 5.75 Å². The maximum atomic E-state index is 13.4. The minimum atomic E-state index is -0.307. The molecular weight excluding hydrogens is 277 g/mol. The van der Waals surface area contributed by atoms with Gasteiger partial charge in [-0.05, 0) is 43.9 Å². The molecule has 106 valence electrons. The summed E-state index contributed by atoms with van der Waals surface area (Å²) in [5.41, 5.74) is 1.83. The van der Waals surface area contributed by atoms with Gasteiger partial charge in [0.15, 0.2) is 0 Å². The third kappa shape index (κ3) is 2.38. The lowest BCUT2D eigenvalue weighted by atomic mass is 10.0. The number of benzene rings is 1. The topological polar surface area (TPSA) is 31.2 Å². The van der Waals surface area contributed by atoms with Crippen LogP contribution in [0.4, 0.5) is 4.39 Å². The van der Waals surface area contributed by atoms with Gasteiger partial charge in [0.05, 0.1) is 13.7 Å². The number of ether oxygens (including phenoxy) is 1. The molecule has 5 heteroatoms. The van der Waals surface area contributed by atoms with E-state index in [1.54, 1.807) is 17.7 Å². The zero-order chi connectivity index (χ0) is 14.1. The Morgan fingerprint density at radius 1 is 1.35 bits per heavy atom. The number of hydrogen-bond acceptors (Lipinski definition) is 3. The molecule has 0 aliphatic heterocycles. The summed E-state index contributed by atoms with van der Waals surface area (Å²) in [6.45, 7) is 0.381. The highest BCUT2D eigenvalue weighted by molar-refractivity contribution is 7.09. The number of nitrogens with zero attached hydrogens (tertiary/aromatic N) is 1. The molecule has 0 radical (unpaired) electrons. The predicted molar refractivity (Wildman–Crippen MR) is 77.3 cm³/mol. The molecule has 0 spiro atoms. The number of aromatic nitrogens is 1. The molecule has 0 atom stereocenters. The third-order valence-electron chi connectivity index (χ3n) is 3.72. The van der Waals surface area contributed by atoms with E-state index in [1.807, 2.05) is 0 Å². The Labute approximate surface area is 120 Å². The van der Waals surface area contributed by atoms with Crippen LogP contribution < -0.4 is 9.61 Å². The van der Waals surface area contributed by atoms with Gasteiger partial charge in [0.2, 0.25) is 0 Å². The normalized spacial score (nSPS) is 14.1. The summed E-state index contributed by atoms with van der Waals surface area (Å²) in [5, 5.41) is 0. The highest BCUT2D eigenvalue weighted by Crippen LogP contribution is 2.26. The molecule has 1 aliphatic rings. The lowest BCUT2D eigenvalue weighted by Crippen LogP contribution is -2.18. The molecule has 0 saturated heterocycles. The van der Waals surface area contributed by atoms with Gasteiger partial charge in [0.25, 0.3) is 0 Å². The van der Waals surface area contributed by atoms with E-state index in [9.17, 15) is 9.18 Å². The van der Waals surface area contributed by atoms with E-state index in [4.69, 9.17) is 4.74 Å². The number of aryl methyl sites for hydroxylation is 1. The third-order valence-corrected chi connectivity index (χ3v) is 4.80. The zero-order valence-electron chi connectivity index (χ0n) is 11.3. The largest absolute Gasteiger partial charge is 0.496 e. The quantitative estimate of drug-likeness (QED) is 0.871. The summed E-state index contributed by atoms with van der Waals surface area (Å²) >= 11 is 1.33. The number of thiazole rings is 1. The Balaban J connectivity index is 2.01. The fourth-order valence-electron chi connectivity index (χ4n) is 2.73. The van der Waals surface area contributed by atoms with Crippen LogP contribution in [0.2, 0.25) is 0 Å². The van der Waals surface area contributed by atoms with Gasteiger partial charge in [0, 0.05) is 16.1 Å². The molecule has 0 unspecified atom stereocenters. The van der Waals surface area contributed by atoms with Crippen molar-refractivity contribution in [3.05, 3.63) is 49.8 Å². The van der Waals surface area contributed by atoms with E-state index in [0.29, 0.717) is 17.9 Å². The minimum absolute atomic E-state index is 0.0446. The van der Waals surface area contributed by atoms with Crippen molar-refractivity contribution in [1.29, 1.82) is 0 Å². The molecule has 20 heavy (non-hydrogen) atoms. The van der Waals surface area contributed by atoms with E-state index < -0.39 is 0 Å². The summed E-state index contributed by atoms with van der Waals surface area (Å²) in [6.07, 6.45) is 4.19. The van der Waals surface area contributed by atoms with Crippen LogP contribution in [-0.4, -0.2) is 11.7 Å². The van der Waals surface area contributed by atoms with Crippen molar-refractivity contribution in [2.24, 2.45) is 0 Å². The monoisotopic (exact) mass is 293 g/mol. The van der Waals surface area contributed by atoms with Crippen molar-refractivity contribution in [1.82, 2.24) is 4.57 Å². The Morgan fingerprint density at radius 3 is 2.95 bits per heavy atom. The van der Waals surface area contributed by atoms with Crippen LogP contribution in [0.3, 0.4) is 0 Å². The van der Waals surface area contributed by atoms with Gasteiger partial charge in [-0.1, -0.05) is 11.3 Å². The second-order valence-electron chi connectivity index (χ2n) is 4.99. The number of rotatable bonds is 3. The Bertz CT molecular complexity index is 690. The van der Waals surface area contributed by atoms with Crippen LogP contribution >= 0.6 is 11.3 Å². The Morgan fingerprint density at radius 2 is 2.15 bits per heavy atom. The molecule has 0 N–H and O–H groups in total. The number of methoxy groups -OCH3 is 1. The molecule has 1 aromatic carbocycles. The number of halogens is 1. The molecule has 0 saturated carbocycles. The van der Waals surface area contributed by atoms with Crippen LogP contribution in [0.15, 0.2) is 23.0 Å². The second kappa shape index (κ2) is 5.40. The first kappa shape index (κ1) is 13.4. The molecule has 0 fully saturated rings. The molecule has 1 aliphatic carbocycles. The van der Waals surface area contributed by atoms with E-state index in [-0.39, 0.29) is 10.7 Å². The summed E-state index contributed by atoms with van der Waals surface area (Å²) in [4.78, 5) is 13.4. The van der Waals surface area contributed by atoms with Crippen LogP contribution in [0.25, 0.3) is 0 Å². The first-order chi connectivity index (χ1) is 9.69. The van der Waals surface area contributed by atoms with Crippen molar-refractivity contribution in [3.8, 4) is 5.75 Å². The van der Waals surface area contributed by atoms with Gasteiger partial charge in [-0.3, -0.25) is 9.36 Å².